The fourth-order valence-electron chi connectivity index (χ4n) is 0.958. The van der Waals surface area contributed by atoms with Crippen LogP contribution >= 0.6 is 0 Å². The van der Waals surface area contributed by atoms with Gasteiger partial charge in [-0.1, -0.05) is 29.1 Å². The Balaban J connectivity index is 2.84. The van der Waals surface area contributed by atoms with Crippen molar-refractivity contribution < 1.29 is 0 Å². The van der Waals surface area contributed by atoms with Crippen LogP contribution in [0, 0.1) is 28.5 Å². The number of nitrogens with zero attached hydrogens (tertiary/aromatic N) is 2. The van der Waals surface area contributed by atoms with E-state index < -0.39 is 0 Å². The lowest BCUT2D eigenvalue weighted by Gasteiger charge is -1.94. The van der Waals surface area contributed by atoms with E-state index in [4.69, 9.17) is 10.5 Å². The molecule has 1 aromatic carbocycles. The summed E-state index contributed by atoms with van der Waals surface area (Å²) in [6.07, 6.45) is 0. The van der Waals surface area contributed by atoms with E-state index in [-0.39, 0.29) is 0 Å². The molecule has 1 rings (SSSR count). The van der Waals surface area contributed by atoms with Crippen molar-refractivity contribution in [2.45, 2.75) is 0 Å². The van der Waals surface area contributed by atoms with Gasteiger partial charge in [-0.2, -0.15) is 0 Å². The molecule has 12 heavy (non-hydrogen) atoms. The van der Waals surface area contributed by atoms with Crippen molar-refractivity contribution in [1.82, 2.24) is 0 Å². The van der Waals surface area contributed by atoms with Gasteiger partial charge in [-0.3, -0.25) is 0 Å². The zero-order valence-corrected chi connectivity index (χ0v) is 6.54. The van der Waals surface area contributed by atoms with Gasteiger partial charge in [0.05, 0.1) is 0 Å². The van der Waals surface area contributed by atoms with Gasteiger partial charge in [-0.25, -0.2) is 10.5 Å². The molecule has 53 valence electrons. The lowest BCUT2D eigenvalue weighted by atomic mass is 9.66. The summed E-state index contributed by atoms with van der Waals surface area (Å²) in [6.45, 7) is 0. The van der Waals surface area contributed by atoms with Gasteiger partial charge in [0.25, 0.3) is 14.6 Å². The lowest BCUT2D eigenvalue weighted by Crippen LogP contribution is -2.22. The minimum Gasteiger partial charge on any atom is -0.213 e. The molecule has 0 spiro atoms. The molecule has 0 saturated carbocycles. The fourth-order valence-corrected chi connectivity index (χ4v) is 0.958. The highest BCUT2D eigenvalue weighted by Crippen LogP contribution is 1.77. The van der Waals surface area contributed by atoms with Crippen LogP contribution in [0.2, 0.25) is 0 Å². The predicted octanol–water partition coefficient (Wildman–Crippen LogP) is -1.43. The van der Waals surface area contributed by atoms with Gasteiger partial charge in [0.1, 0.15) is 0 Å². The molecular formula is C8H5B2N2. The van der Waals surface area contributed by atoms with Gasteiger partial charge in [-0.05, 0) is 6.07 Å². The van der Waals surface area contributed by atoms with Crippen LogP contribution in [0.4, 0.5) is 0 Å². The molecule has 1 radical (unpaired) electrons. The Hall–Kier alpha value is -1.67. The van der Waals surface area contributed by atoms with E-state index in [1.165, 1.54) is 0 Å². The third-order valence-electron chi connectivity index (χ3n) is 1.48. The molecule has 0 amide bonds. The van der Waals surface area contributed by atoms with Gasteiger partial charge in [0.15, 0.2) is 0 Å². The number of nitriles is 2. The van der Waals surface area contributed by atoms with Gasteiger partial charge in [-0.15, -0.1) is 0 Å². The summed E-state index contributed by atoms with van der Waals surface area (Å²) in [7, 11) is 0.756. The summed E-state index contributed by atoms with van der Waals surface area (Å²) in [6, 6.07) is 8.36. The molecule has 0 unspecified atom stereocenters. The molecule has 0 aromatic heterocycles. The molecule has 0 heterocycles. The lowest BCUT2D eigenvalue weighted by molar-refractivity contribution is 1.56. The van der Waals surface area contributed by atoms with E-state index in [1.807, 2.05) is 18.1 Å². The first-order valence-electron chi connectivity index (χ1n) is 3.60. The van der Waals surface area contributed by atoms with Gasteiger partial charge in [0.2, 0.25) is 0 Å². The molecule has 4 heteroatoms. The van der Waals surface area contributed by atoms with E-state index in [1.54, 1.807) is 6.07 Å². The van der Waals surface area contributed by atoms with Gasteiger partial charge < -0.3 is 0 Å². The zero-order valence-electron chi connectivity index (χ0n) is 6.54. The second kappa shape index (κ2) is 4.26. The van der Waals surface area contributed by atoms with E-state index in [2.05, 4.69) is 12.0 Å². The number of rotatable bonds is 2. The van der Waals surface area contributed by atoms with Crippen LogP contribution in [0.3, 0.4) is 0 Å². The first-order chi connectivity index (χ1) is 5.86. The normalized spacial score (nSPS) is 7.83. The van der Waals surface area contributed by atoms with Crippen LogP contribution in [0.5, 0.6) is 0 Å². The van der Waals surface area contributed by atoms with E-state index in [0.717, 1.165) is 10.9 Å². The molecule has 0 N–H and O–H groups in total. The van der Waals surface area contributed by atoms with E-state index in [9.17, 15) is 0 Å². The highest BCUT2D eigenvalue weighted by molar-refractivity contribution is 6.64. The average molecular weight is 151 g/mol. The van der Waals surface area contributed by atoms with Crippen molar-refractivity contribution in [3.63, 3.8) is 0 Å². The van der Waals surface area contributed by atoms with Crippen molar-refractivity contribution in [3.8, 4) is 11.9 Å². The summed E-state index contributed by atoms with van der Waals surface area (Å²) < 4.78 is 0. The third-order valence-corrected chi connectivity index (χ3v) is 1.48. The van der Waals surface area contributed by atoms with Gasteiger partial charge >= 0.3 is 0 Å². The molecule has 0 aliphatic heterocycles. The standard InChI is InChI=1S/C8H5B2N2/c11-5-9-7-2-1-3-8(4-7)10-6-12/h1-2,4,9-10H. The first kappa shape index (κ1) is 8.43. The van der Waals surface area contributed by atoms with Crippen molar-refractivity contribution in [2.75, 3.05) is 0 Å². The maximum atomic E-state index is 8.42. The Bertz CT molecular complexity index is 318. The monoisotopic (exact) mass is 151 g/mol. The van der Waals surface area contributed by atoms with Gasteiger partial charge in [0, 0.05) is 11.9 Å². The average Bonchev–Trinajstić information content (AvgIpc) is 2.06. The van der Waals surface area contributed by atoms with Crippen molar-refractivity contribution in [3.05, 3.63) is 24.3 Å². The van der Waals surface area contributed by atoms with Crippen molar-refractivity contribution in [2.24, 2.45) is 0 Å². The number of benzene rings is 1. The van der Waals surface area contributed by atoms with Crippen LogP contribution in [0.25, 0.3) is 0 Å². The Morgan fingerprint density at radius 3 is 2.67 bits per heavy atom. The first-order valence-corrected chi connectivity index (χ1v) is 3.60. The van der Waals surface area contributed by atoms with Crippen LogP contribution in [-0.4, -0.2) is 14.6 Å². The topological polar surface area (TPSA) is 47.6 Å². The molecule has 0 fully saturated rings. The third kappa shape index (κ3) is 2.18. The van der Waals surface area contributed by atoms with Crippen molar-refractivity contribution in [1.29, 1.82) is 10.5 Å². The summed E-state index contributed by atoms with van der Waals surface area (Å²) in [5.74, 6) is 4.10. The summed E-state index contributed by atoms with van der Waals surface area (Å²) in [4.78, 5) is 0. The quantitative estimate of drug-likeness (QED) is 0.486. The maximum Gasteiger partial charge on any atom is 0.283 e. The highest BCUT2D eigenvalue weighted by atomic mass is 14.2. The Labute approximate surface area is 72.9 Å². The molecule has 0 bridgehead atoms. The summed E-state index contributed by atoms with van der Waals surface area (Å²) >= 11 is 0. The molecule has 0 aliphatic rings. The Morgan fingerprint density at radius 1 is 1.25 bits per heavy atom. The smallest absolute Gasteiger partial charge is 0.213 e. The van der Waals surface area contributed by atoms with E-state index >= 15 is 0 Å². The van der Waals surface area contributed by atoms with Crippen LogP contribution in [-0.2, 0) is 0 Å². The molecule has 2 nitrogen and oxygen atoms in total. The summed E-state index contributed by atoms with van der Waals surface area (Å²) in [5, 5.41) is 16.8. The molecule has 0 saturated heterocycles. The molecule has 0 aliphatic carbocycles. The maximum absolute atomic E-state index is 8.42. The van der Waals surface area contributed by atoms with Crippen LogP contribution in [0.1, 0.15) is 0 Å². The molecule has 1 aromatic rings. The predicted molar refractivity (Wildman–Crippen MR) is 50.1 cm³/mol. The van der Waals surface area contributed by atoms with Crippen LogP contribution in [0.15, 0.2) is 18.2 Å². The highest BCUT2D eigenvalue weighted by Gasteiger charge is 1.97. The molecule has 0 atom stereocenters. The molecular weight excluding hydrogens is 146 g/mol. The fraction of sp³-hybridized carbons (Fsp3) is 0. The second-order valence-corrected chi connectivity index (χ2v) is 2.39. The number of hydrogen-bond acceptors (Lipinski definition) is 2. The minimum atomic E-state index is 0.360. The SMILES string of the molecule is N#CBc1[c]ccc(BC#N)c1. The van der Waals surface area contributed by atoms with Crippen molar-refractivity contribution >= 4 is 25.5 Å². The Kier molecular flexibility index (Phi) is 2.99. The second-order valence-electron chi connectivity index (χ2n) is 2.39. The zero-order chi connectivity index (χ0) is 8.81. The van der Waals surface area contributed by atoms with Crippen LogP contribution < -0.4 is 10.9 Å². The Morgan fingerprint density at radius 2 is 2.00 bits per heavy atom. The number of hydrogen-bond donors (Lipinski definition) is 0. The summed E-state index contributed by atoms with van der Waals surface area (Å²) in [5.41, 5.74) is 1.80. The largest absolute Gasteiger partial charge is 0.283 e. The van der Waals surface area contributed by atoms with E-state index in [0.29, 0.717) is 14.6 Å². The minimum absolute atomic E-state index is 0.360.